The lowest BCUT2D eigenvalue weighted by molar-refractivity contribution is 0.859. The Morgan fingerprint density at radius 2 is 2.19 bits per heavy atom. The van der Waals surface area contributed by atoms with Gasteiger partial charge in [0.25, 0.3) is 0 Å². The van der Waals surface area contributed by atoms with Crippen molar-refractivity contribution in [3.05, 3.63) is 49.5 Å². The Labute approximate surface area is 106 Å². The van der Waals surface area contributed by atoms with E-state index in [9.17, 15) is 4.79 Å². The van der Waals surface area contributed by atoms with Crippen molar-refractivity contribution in [2.45, 2.75) is 6.54 Å². The molecule has 0 bridgehead atoms. The number of aromatic nitrogens is 1. The van der Waals surface area contributed by atoms with E-state index in [0.29, 0.717) is 0 Å². The predicted molar refractivity (Wildman–Crippen MR) is 71.0 cm³/mol. The molecule has 84 valence electrons. The Hall–Kier alpha value is -1.07. The average Bonchev–Trinajstić information content (AvgIpc) is 2.66. The van der Waals surface area contributed by atoms with E-state index in [0.717, 1.165) is 16.0 Å². The molecule has 0 aromatic carbocycles. The fourth-order valence-electron chi connectivity index (χ4n) is 1.33. The molecule has 0 aliphatic carbocycles. The highest BCUT2D eigenvalue weighted by molar-refractivity contribution is 9.11. The smallest absolute Gasteiger partial charge is 0.250 e. The van der Waals surface area contributed by atoms with Crippen LogP contribution in [0.5, 0.6) is 0 Å². The Morgan fingerprint density at radius 3 is 2.81 bits per heavy atom. The maximum atomic E-state index is 11.2. The molecule has 2 rings (SSSR count). The van der Waals surface area contributed by atoms with Crippen LogP contribution in [-0.2, 0) is 13.6 Å². The monoisotopic (exact) mass is 298 g/mol. The number of hydrogen-bond acceptors (Lipinski definition) is 3. The van der Waals surface area contributed by atoms with Gasteiger partial charge in [0.2, 0.25) is 5.56 Å². The van der Waals surface area contributed by atoms with Gasteiger partial charge in [-0.05, 0) is 34.1 Å². The molecule has 0 amide bonds. The Balaban J connectivity index is 2.05. The lowest BCUT2D eigenvalue weighted by atomic mass is 10.4. The number of nitrogens with zero attached hydrogens (tertiary/aromatic N) is 1. The second-order valence-electron chi connectivity index (χ2n) is 3.43. The summed E-state index contributed by atoms with van der Waals surface area (Å²) in [5.74, 6) is 0. The molecule has 0 aliphatic heterocycles. The molecule has 2 aromatic heterocycles. The third kappa shape index (κ3) is 2.74. The van der Waals surface area contributed by atoms with Gasteiger partial charge in [-0.1, -0.05) is 0 Å². The van der Waals surface area contributed by atoms with Crippen LogP contribution < -0.4 is 10.9 Å². The van der Waals surface area contributed by atoms with Gasteiger partial charge in [0.15, 0.2) is 0 Å². The predicted octanol–water partition coefficient (Wildman–Crippen LogP) is 2.82. The largest absolute Gasteiger partial charge is 0.379 e. The second kappa shape index (κ2) is 4.84. The molecule has 5 heteroatoms. The number of anilines is 1. The Morgan fingerprint density at radius 1 is 1.38 bits per heavy atom. The molecule has 0 atom stereocenters. The van der Waals surface area contributed by atoms with Crippen LogP contribution in [0.3, 0.4) is 0 Å². The summed E-state index contributed by atoms with van der Waals surface area (Å²) in [6.07, 6.45) is 1.80. The molecule has 2 heterocycles. The first kappa shape index (κ1) is 11.4. The first-order chi connectivity index (χ1) is 7.65. The maximum Gasteiger partial charge on any atom is 0.250 e. The highest BCUT2D eigenvalue weighted by atomic mass is 79.9. The van der Waals surface area contributed by atoms with E-state index in [4.69, 9.17) is 0 Å². The minimum Gasteiger partial charge on any atom is -0.379 e. The summed E-state index contributed by atoms with van der Waals surface area (Å²) in [5.41, 5.74) is 0.955. The number of pyridine rings is 1. The van der Waals surface area contributed by atoms with Gasteiger partial charge >= 0.3 is 0 Å². The van der Waals surface area contributed by atoms with Crippen molar-refractivity contribution in [1.29, 1.82) is 0 Å². The molecule has 3 nitrogen and oxygen atoms in total. The zero-order valence-electron chi connectivity index (χ0n) is 8.74. The summed E-state index contributed by atoms with van der Waals surface area (Å²) >= 11 is 5.12. The molecule has 0 spiro atoms. The second-order valence-corrected chi connectivity index (χ2v) is 5.97. The van der Waals surface area contributed by atoms with Crippen molar-refractivity contribution in [3.63, 3.8) is 0 Å². The number of nitrogens with one attached hydrogen (secondary N) is 1. The standard InChI is InChI=1S/C11H11BrN2OS/c1-14-7-8(2-5-11(14)15)13-6-9-3-4-10(12)16-9/h2-5,7,13H,6H2,1H3. The van der Waals surface area contributed by atoms with E-state index in [1.165, 1.54) is 4.88 Å². The molecule has 0 radical (unpaired) electrons. The van der Waals surface area contributed by atoms with Gasteiger partial charge in [-0.25, -0.2) is 0 Å². The van der Waals surface area contributed by atoms with E-state index < -0.39 is 0 Å². The summed E-state index contributed by atoms with van der Waals surface area (Å²) in [5, 5.41) is 3.27. The molecule has 16 heavy (non-hydrogen) atoms. The van der Waals surface area contributed by atoms with Gasteiger partial charge in [-0.3, -0.25) is 4.79 Å². The Bertz CT molecular complexity index is 547. The third-order valence-corrected chi connectivity index (χ3v) is 3.81. The van der Waals surface area contributed by atoms with Crippen LogP contribution >= 0.6 is 27.3 Å². The maximum absolute atomic E-state index is 11.2. The zero-order valence-corrected chi connectivity index (χ0v) is 11.1. The lowest BCUT2D eigenvalue weighted by Gasteiger charge is -2.05. The molecule has 0 unspecified atom stereocenters. The Kier molecular flexibility index (Phi) is 3.46. The van der Waals surface area contributed by atoms with Crippen LogP contribution in [0.25, 0.3) is 0 Å². The molecule has 0 saturated heterocycles. The highest BCUT2D eigenvalue weighted by Crippen LogP contribution is 2.22. The van der Waals surface area contributed by atoms with E-state index >= 15 is 0 Å². The van der Waals surface area contributed by atoms with E-state index in [1.54, 1.807) is 41.3 Å². The first-order valence-electron chi connectivity index (χ1n) is 4.80. The number of thiophene rings is 1. The third-order valence-electron chi connectivity index (χ3n) is 2.18. The van der Waals surface area contributed by atoms with Crippen molar-refractivity contribution in [1.82, 2.24) is 4.57 Å². The van der Waals surface area contributed by atoms with Gasteiger partial charge < -0.3 is 9.88 Å². The number of halogens is 1. The van der Waals surface area contributed by atoms with Crippen LogP contribution in [-0.4, -0.2) is 4.57 Å². The fraction of sp³-hybridized carbons (Fsp3) is 0.182. The number of hydrogen-bond donors (Lipinski definition) is 1. The molecule has 2 aromatic rings. The van der Waals surface area contributed by atoms with Crippen molar-refractivity contribution in [2.75, 3.05) is 5.32 Å². The van der Waals surface area contributed by atoms with Crippen LogP contribution in [0, 0.1) is 0 Å². The SMILES string of the molecule is Cn1cc(NCc2ccc(Br)s2)ccc1=O. The van der Waals surface area contributed by atoms with Gasteiger partial charge in [0.05, 0.1) is 9.47 Å². The van der Waals surface area contributed by atoms with Gasteiger partial charge in [0, 0.05) is 30.7 Å². The van der Waals surface area contributed by atoms with E-state index in [-0.39, 0.29) is 5.56 Å². The van der Waals surface area contributed by atoms with Crippen molar-refractivity contribution < 1.29 is 0 Å². The van der Waals surface area contributed by atoms with Crippen molar-refractivity contribution in [2.24, 2.45) is 7.05 Å². The summed E-state index contributed by atoms with van der Waals surface area (Å²) in [7, 11) is 1.75. The normalized spacial score (nSPS) is 10.4. The minimum atomic E-state index is 0.00409. The van der Waals surface area contributed by atoms with Gasteiger partial charge in [0.1, 0.15) is 0 Å². The van der Waals surface area contributed by atoms with Gasteiger partial charge in [-0.15, -0.1) is 11.3 Å². The minimum absolute atomic E-state index is 0.00409. The summed E-state index contributed by atoms with van der Waals surface area (Å²) in [6, 6.07) is 7.46. The molecular formula is C11H11BrN2OS. The summed E-state index contributed by atoms with van der Waals surface area (Å²) in [4.78, 5) is 12.4. The van der Waals surface area contributed by atoms with Crippen molar-refractivity contribution >= 4 is 33.0 Å². The molecule has 0 aliphatic rings. The number of aryl methyl sites for hydroxylation is 1. The molecule has 0 saturated carbocycles. The van der Waals surface area contributed by atoms with Crippen molar-refractivity contribution in [3.8, 4) is 0 Å². The highest BCUT2D eigenvalue weighted by Gasteiger charge is 1.98. The lowest BCUT2D eigenvalue weighted by Crippen LogP contribution is -2.15. The van der Waals surface area contributed by atoms with E-state index in [1.807, 2.05) is 6.07 Å². The topological polar surface area (TPSA) is 34.0 Å². The van der Waals surface area contributed by atoms with E-state index in [2.05, 4.69) is 27.3 Å². The molecule has 1 N–H and O–H groups in total. The summed E-state index contributed by atoms with van der Waals surface area (Å²) < 4.78 is 2.69. The summed E-state index contributed by atoms with van der Waals surface area (Å²) in [6.45, 7) is 0.772. The van der Waals surface area contributed by atoms with Crippen LogP contribution in [0.1, 0.15) is 4.88 Å². The molecule has 0 fully saturated rings. The first-order valence-corrected chi connectivity index (χ1v) is 6.41. The quantitative estimate of drug-likeness (QED) is 0.945. The van der Waals surface area contributed by atoms with Gasteiger partial charge in [-0.2, -0.15) is 0 Å². The number of rotatable bonds is 3. The van der Waals surface area contributed by atoms with Crippen LogP contribution in [0.2, 0.25) is 0 Å². The average molecular weight is 299 g/mol. The zero-order chi connectivity index (χ0) is 11.5. The molecular weight excluding hydrogens is 288 g/mol. The fourth-order valence-corrected chi connectivity index (χ4v) is 2.76. The van der Waals surface area contributed by atoms with Crippen LogP contribution in [0.15, 0.2) is 39.0 Å². The van der Waals surface area contributed by atoms with Crippen LogP contribution in [0.4, 0.5) is 5.69 Å².